The van der Waals surface area contributed by atoms with Crippen molar-refractivity contribution in [3.63, 3.8) is 0 Å². The van der Waals surface area contributed by atoms with Gasteiger partial charge in [0.05, 0.1) is 5.60 Å². The van der Waals surface area contributed by atoms with Crippen LogP contribution in [-0.2, 0) is 0 Å². The van der Waals surface area contributed by atoms with Crippen molar-refractivity contribution in [1.82, 2.24) is 0 Å². The van der Waals surface area contributed by atoms with Crippen LogP contribution in [0.2, 0.25) is 0 Å². The maximum absolute atomic E-state index is 9.96. The number of rotatable bonds is 3. The Hall–Kier alpha value is -0.0400. The minimum Gasteiger partial charge on any atom is -0.390 e. The van der Waals surface area contributed by atoms with Crippen LogP contribution in [0.5, 0.6) is 0 Å². The molecule has 2 rings (SSSR count). The molecule has 2 atom stereocenters. The molecule has 1 heteroatoms. The summed E-state index contributed by atoms with van der Waals surface area (Å²) in [6.07, 6.45) is 5.97. The molecule has 64 valence electrons. The van der Waals surface area contributed by atoms with E-state index < -0.39 is 0 Å². The molecule has 0 aromatic carbocycles. The Morgan fingerprint density at radius 3 is 2.45 bits per heavy atom. The predicted molar refractivity (Wildman–Crippen MR) is 45.3 cm³/mol. The molecule has 0 spiro atoms. The van der Waals surface area contributed by atoms with Gasteiger partial charge in [0.15, 0.2) is 0 Å². The molecule has 1 nitrogen and oxygen atoms in total. The van der Waals surface area contributed by atoms with Crippen molar-refractivity contribution in [2.45, 2.75) is 51.6 Å². The van der Waals surface area contributed by atoms with Crippen molar-refractivity contribution in [2.75, 3.05) is 0 Å². The van der Waals surface area contributed by atoms with E-state index in [2.05, 4.69) is 13.8 Å². The third kappa shape index (κ3) is 1.31. The molecule has 0 aromatic rings. The summed E-state index contributed by atoms with van der Waals surface area (Å²) in [6.45, 7) is 4.48. The van der Waals surface area contributed by atoms with Crippen LogP contribution in [0.15, 0.2) is 0 Å². The molecular weight excluding hydrogens is 136 g/mol. The predicted octanol–water partition coefficient (Wildman–Crippen LogP) is 2.34. The summed E-state index contributed by atoms with van der Waals surface area (Å²) >= 11 is 0. The molecular formula is C10H18O. The lowest BCUT2D eigenvalue weighted by Crippen LogP contribution is -2.16. The van der Waals surface area contributed by atoms with Gasteiger partial charge < -0.3 is 5.11 Å². The van der Waals surface area contributed by atoms with Gasteiger partial charge in [0.1, 0.15) is 0 Å². The van der Waals surface area contributed by atoms with E-state index in [1.807, 2.05) is 0 Å². The first-order valence-corrected chi connectivity index (χ1v) is 4.80. The lowest BCUT2D eigenvalue weighted by atomic mass is 9.97. The normalized spacial score (nSPS) is 45.5. The number of hydrogen-bond donors (Lipinski definition) is 1. The number of hydrogen-bond acceptors (Lipinski definition) is 1. The molecule has 2 aliphatic rings. The molecule has 0 amide bonds. The Bertz CT molecular complexity index is 172. The fourth-order valence-corrected chi connectivity index (χ4v) is 2.24. The van der Waals surface area contributed by atoms with Crippen LogP contribution in [0.25, 0.3) is 0 Å². The Labute approximate surface area is 68.8 Å². The van der Waals surface area contributed by atoms with Crippen LogP contribution in [0.1, 0.15) is 46.0 Å². The van der Waals surface area contributed by atoms with Gasteiger partial charge in [0, 0.05) is 0 Å². The third-order valence-corrected chi connectivity index (χ3v) is 3.53. The van der Waals surface area contributed by atoms with Crippen molar-refractivity contribution in [2.24, 2.45) is 11.3 Å². The molecule has 1 N–H and O–H groups in total. The highest BCUT2D eigenvalue weighted by atomic mass is 16.3. The smallest absolute Gasteiger partial charge is 0.0685 e. The first kappa shape index (κ1) is 7.60. The van der Waals surface area contributed by atoms with E-state index in [1.54, 1.807) is 0 Å². The lowest BCUT2D eigenvalue weighted by Gasteiger charge is -2.14. The molecule has 0 radical (unpaired) electrons. The van der Waals surface area contributed by atoms with Gasteiger partial charge in [0.25, 0.3) is 0 Å². The zero-order chi connectivity index (χ0) is 8.11. The average molecular weight is 154 g/mol. The summed E-state index contributed by atoms with van der Waals surface area (Å²) in [4.78, 5) is 0. The molecule has 0 saturated heterocycles. The van der Waals surface area contributed by atoms with Gasteiger partial charge in [-0.25, -0.2) is 0 Å². The number of aliphatic hydroxyl groups is 1. The third-order valence-electron chi connectivity index (χ3n) is 3.53. The maximum atomic E-state index is 9.96. The highest BCUT2D eigenvalue weighted by Gasteiger charge is 2.56. The molecule has 2 unspecified atom stereocenters. The van der Waals surface area contributed by atoms with Gasteiger partial charge >= 0.3 is 0 Å². The Morgan fingerprint density at radius 1 is 1.45 bits per heavy atom. The monoisotopic (exact) mass is 154 g/mol. The largest absolute Gasteiger partial charge is 0.390 e. The van der Waals surface area contributed by atoms with E-state index >= 15 is 0 Å². The fraction of sp³-hybridized carbons (Fsp3) is 1.00. The Morgan fingerprint density at radius 2 is 2.09 bits per heavy atom. The second kappa shape index (κ2) is 2.01. The van der Waals surface area contributed by atoms with Gasteiger partial charge in [-0.15, -0.1) is 0 Å². The van der Waals surface area contributed by atoms with Crippen LogP contribution >= 0.6 is 0 Å². The van der Waals surface area contributed by atoms with E-state index in [-0.39, 0.29) is 5.60 Å². The summed E-state index contributed by atoms with van der Waals surface area (Å²) in [5, 5.41) is 9.96. The SMILES string of the molecule is CCC1CC1(O)CC1(C)CC1. The van der Waals surface area contributed by atoms with Crippen LogP contribution < -0.4 is 0 Å². The first-order valence-electron chi connectivity index (χ1n) is 4.80. The van der Waals surface area contributed by atoms with Gasteiger partial charge in [0.2, 0.25) is 0 Å². The molecule has 0 aromatic heterocycles. The second-order valence-corrected chi connectivity index (χ2v) is 4.90. The average Bonchev–Trinajstić information content (AvgIpc) is 2.76. The minimum absolute atomic E-state index is 0.236. The van der Waals surface area contributed by atoms with E-state index in [0.29, 0.717) is 11.3 Å². The summed E-state index contributed by atoms with van der Waals surface area (Å²) < 4.78 is 0. The molecule has 2 fully saturated rings. The zero-order valence-electron chi connectivity index (χ0n) is 7.56. The van der Waals surface area contributed by atoms with Gasteiger partial charge in [-0.3, -0.25) is 0 Å². The highest BCUT2D eigenvalue weighted by Crippen LogP contribution is 2.59. The summed E-state index contributed by atoms with van der Waals surface area (Å²) in [7, 11) is 0. The Kier molecular flexibility index (Phi) is 1.39. The summed E-state index contributed by atoms with van der Waals surface area (Å²) in [6, 6.07) is 0. The van der Waals surface area contributed by atoms with Crippen LogP contribution in [0.4, 0.5) is 0 Å². The topological polar surface area (TPSA) is 20.2 Å². The van der Waals surface area contributed by atoms with Crippen LogP contribution in [0, 0.1) is 11.3 Å². The zero-order valence-corrected chi connectivity index (χ0v) is 7.56. The van der Waals surface area contributed by atoms with Crippen molar-refractivity contribution >= 4 is 0 Å². The molecule has 0 bridgehead atoms. The highest BCUT2D eigenvalue weighted by molar-refractivity contribution is 5.08. The lowest BCUT2D eigenvalue weighted by molar-refractivity contribution is 0.0976. The molecule has 11 heavy (non-hydrogen) atoms. The molecule has 0 heterocycles. The quantitative estimate of drug-likeness (QED) is 0.661. The van der Waals surface area contributed by atoms with Crippen molar-refractivity contribution in [3.05, 3.63) is 0 Å². The molecule has 2 aliphatic carbocycles. The van der Waals surface area contributed by atoms with E-state index in [9.17, 15) is 5.11 Å². The van der Waals surface area contributed by atoms with E-state index in [0.717, 1.165) is 19.3 Å². The van der Waals surface area contributed by atoms with E-state index in [1.165, 1.54) is 12.8 Å². The standard InChI is InChI=1S/C10H18O/c1-3-8-6-10(8,11)7-9(2)4-5-9/h8,11H,3-7H2,1-2H3. The molecule has 2 saturated carbocycles. The van der Waals surface area contributed by atoms with E-state index in [4.69, 9.17) is 0 Å². The minimum atomic E-state index is -0.236. The Balaban J connectivity index is 1.87. The summed E-state index contributed by atoms with van der Waals surface area (Å²) in [5.74, 6) is 0.625. The van der Waals surface area contributed by atoms with Crippen LogP contribution in [-0.4, -0.2) is 10.7 Å². The van der Waals surface area contributed by atoms with Crippen molar-refractivity contribution < 1.29 is 5.11 Å². The fourth-order valence-electron chi connectivity index (χ4n) is 2.24. The maximum Gasteiger partial charge on any atom is 0.0685 e. The van der Waals surface area contributed by atoms with Crippen molar-refractivity contribution in [1.29, 1.82) is 0 Å². The van der Waals surface area contributed by atoms with Gasteiger partial charge in [-0.1, -0.05) is 20.3 Å². The second-order valence-electron chi connectivity index (χ2n) is 4.90. The molecule has 0 aliphatic heterocycles. The summed E-state index contributed by atoms with van der Waals surface area (Å²) in [5.41, 5.74) is 0.290. The van der Waals surface area contributed by atoms with Gasteiger partial charge in [-0.2, -0.15) is 0 Å². The van der Waals surface area contributed by atoms with Crippen molar-refractivity contribution in [3.8, 4) is 0 Å². The van der Waals surface area contributed by atoms with Crippen LogP contribution in [0.3, 0.4) is 0 Å². The van der Waals surface area contributed by atoms with Gasteiger partial charge in [-0.05, 0) is 37.0 Å². The first-order chi connectivity index (χ1) is 5.08.